The first-order chi connectivity index (χ1) is 23.3. The van der Waals surface area contributed by atoms with Gasteiger partial charge in [0.1, 0.15) is 0 Å². The zero-order valence-corrected chi connectivity index (χ0v) is 25.3. The van der Waals surface area contributed by atoms with Crippen LogP contribution in [0.2, 0.25) is 0 Å². The van der Waals surface area contributed by atoms with E-state index in [1.165, 1.54) is 43.4 Å². The van der Waals surface area contributed by atoms with Crippen molar-refractivity contribution in [1.29, 1.82) is 0 Å². The Hall–Kier alpha value is -6.39. The Morgan fingerprint density at radius 2 is 0.851 bits per heavy atom. The smallest absolute Gasteiger partial charge is 0.248 e. The lowest BCUT2D eigenvalue weighted by Crippen LogP contribution is -1.92. The minimum Gasteiger partial charge on any atom is -0.416 e. The van der Waals surface area contributed by atoms with Crippen molar-refractivity contribution in [3.63, 3.8) is 0 Å². The molecule has 7 aromatic carbocycles. The third-order valence-electron chi connectivity index (χ3n) is 8.90. The van der Waals surface area contributed by atoms with Crippen molar-refractivity contribution in [3.8, 4) is 56.4 Å². The Bertz CT molecular complexity index is 2490. The molecule has 2 aromatic heterocycles. The number of benzene rings is 7. The number of rotatable bonds is 5. The molecule has 9 rings (SSSR count). The lowest BCUT2D eigenvalue weighted by Gasteiger charge is -2.18. The highest BCUT2D eigenvalue weighted by atomic mass is 16.4. The van der Waals surface area contributed by atoms with E-state index in [9.17, 15) is 0 Å². The van der Waals surface area contributed by atoms with Gasteiger partial charge in [0.25, 0.3) is 0 Å². The summed E-state index contributed by atoms with van der Waals surface area (Å²) < 4.78 is 6.03. The van der Waals surface area contributed by atoms with Crippen LogP contribution < -0.4 is 0 Å². The molecular formula is C43H27N3O. The van der Waals surface area contributed by atoms with Crippen LogP contribution in [-0.2, 0) is 0 Å². The number of nitrogens with zero attached hydrogens (tertiary/aromatic N) is 3. The summed E-state index contributed by atoms with van der Waals surface area (Å²) in [6, 6.07) is 54.9. The molecule has 0 atom stereocenters. The molecule has 0 saturated heterocycles. The van der Waals surface area contributed by atoms with Gasteiger partial charge in [-0.25, -0.2) is 0 Å². The van der Waals surface area contributed by atoms with E-state index in [0.29, 0.717) is 11.8 Å². The van der Waals surface area contributed by atoms with Gasteiger partial charge in [-0.3, -0.25) is 4.98 Å². The Labute approximate surface area is 271 Å². The first-order valence-electron chi connectivity index (χ1n) is 15.7. The second-order valence-electron chi connectivity index (χ2n) is 11.7. The first kappa shape index (κ1) is 27.0. The molecule has 0 spiro atoms. The highest BCUT2D eigenvalue weighted by molar-refractivity contribution is 6.21. The fraction of sp³-hybridized carbons (Fsp3) is 0. The normalized spacial score (nSPS) is 11.4. The van der Waals surface area contributed by atoms with Crippen LogP contribution in [0.3, 0.4) is 0 Å². The van der Waals surface area contributed by atoms with Crippen molar-refractivity contribution in [1.82, 2.24) is 15.2 Å². The van der Waals surface area contributed by atoms with Crippen molar-refractivity contribution in [2.24, 2.45) is 0 Å². The van der Waals surface area contributed by atoms with Gasteiger partial charge in [-0.15, -0.1) is 10.2 Å². The van der Waals surface area contributed by atoms with Crippen LogP contribution in [0.5, 0.6) is 0 Å². The second kappa shape index (κ2) is 11.2. The molecule has 2 heterocycles. The molecule has 0 bridgehead atoms. The minimum absolute atomic E-state index is 0.500. The van der Waals surface area contributed by atoms with Gasteiger partial charge in [-0.2, -0.15) is 0 Å². The molecule has 47 heavy (non-hydrogen) atoms. The molecule has 0 fully saturated rings. The molecule has 9 aromatic rings. The Morgan fingerprint density at radius 1 is 0.362 bits per heavy atom. The van der Waals surface area contributed by atoms with Crippen LogP contribution in [0.15, 0.2) is 168 Å². The zero-order chi connectivity index (χ0) is 31.2. The van der Waals surface area contributed by atoms with Gasteiger partial charge >= 0.3 is 0 Å². The lowest BCUT2D eigenvalue weighted by molar-refractivity contribution is 0.584. The number of fused-ring (bicyclic) bond motifs is 3. The van der Waals surface area contributed by atoms with Gasteiger partial charge in [0, 0.05) is 28.5 Å². The monoisotopic (exact) mass is 601 g/mol. The molecule has 0 saturated carbocycles. The standard InChI is InChI=1S/C43H27N3O/c1-2-11-30(12-3-1)42-45-46-43(47-42)31-21-19-29(20-22-31)40-35-14-6-8-16-37(35)41(38-17-9-7-15-36(38)40)34-24-25-39(44-27-34)33-23-18-28-10-4-5-13-32(28)26-33/h1-27H. The van der Waals surface area contributed by atoms with Gasteiger partial charge in [0.05, 0.1) is 5.69 Å². The van der Waals surface area contributed by atoms with E-state index < -0.39 is 0 Å². The minimum atomic E-state index is 0.500. The highest BCUT2D eigenvalue weighted by Crippen LogP contribution is 2.44. The topological polar surface area (TPSA) is 51.8 Å². The maximum Gasteiger partial charge on any atom is 0.248 e. The van der Waals surface area contributed by atoms with Gasteiger partial charge in [0.15, 0.2) is 0 Å². The van der Waals surface area contributed by atoms with Crippen LogP contribution in [-0.4, -0.2) is 15.2 Å². The summed E-state index contributed by atoms with van der Waals surface area (Å²) in [5.74, 6) is 1.01. The summed E-state index contributed by atoms with van der Waals surface area (Å²) in [6.45, 7) is 0. The average molecular weight is 602 g/mol. The van der Waals surface area contributed by atoms with Crippen molar-refractivity contribution < 1.29 is 4.42 Å². The summed E-state index contributed by atoms with van der Waals surface area (Å²) in [4.78, 5) is 4.97. The number of aromatic nitrogens is 3. The van der Waals surface area contributed by atoms with E-state index in [0.717, 1.165) is 33.5 Å². The summed E-state index contributed by atoms with van der Waals surface area (Å²) in [7, 11) is 0. The fourth-order valence-electron chi connectivity index (χ4n) is 6.63. The summed E-state index contributed by atoms with van der Waals surface area (Å²) in [6.07, 6.45) is 2.02. The molecule has 0 radical (unpaired) electrons. The van der Waals surface area contributed by atoms with E-state index in [-0.39, 0.29) is 0 Å². The third kappa shape index (κ3) is 4.75. The number of hydrogen-bond donors (Lipinski definition) is 0. The quantitative estimate of drug-likeness (QED) is 0.184. The summed E-state index contributed by atoms with van der Waals surface area (Å²) in [5.41, 5.74) is 8.46. The van der Waals surface area contributed by atoms with Gasteiger partial charge < -0.3 is 4.42 Å². The lowest BCUT2D eigenvalue weighted by atomic mass is 9.86. The zero-order valence-electron chi connectivity index (χ0n) is 25.3. The maximum absolute atomic E-state index is 6.03. The van der Waals surface area contributed by atoms with Crippen LogP contribution >= 0.6 is 0 Å². The van der Waals surface area contributed by atoms with Crippen molar-refractivity contribution in [3.05, 3.63) is 164 Å². The Kier molecular flexibility index (Phi) is 6.43. The van der Waals surface area contributed by atoms with Crippen molar-refractivity contribution >= 4 is 32.3 Å². The largest absolute Gasteiger partial charge is 0.416 e. The van der Waals surface area contributed by atoms with Crippen LogP contribution in [0.1, 0.15) is 0 Å². The third-order valence-corrected chi connectivity index (χ3v) is 8.90. The van der Waals surface area contributed by atoms with Crippen molar-refractivity contribution in [2.45, 2.75) is 0 Å². The molecule has 0 aliphatic heterocycles. The van der Waals surface area contributed by atoms with E-state index in [1.807, 2.05) is 36.5 Å². The summed E-state index contributed by atoms with van der Waals surface area (Å²) in [5, 5.41) is 15.8. The Morgan fingerprint density at radius 3 is 1.47 bits per heavy atom. The van der Waals surface area contributed by atoms with Crippen LogP contribution in [0.4, 0.5) is 0 Å². The van der Waals surface area contributed by atoms with E-state index in [4.69, 9.17) is 9.40 Å². The van der Waals surface area contributed by atoms with Gasteiger partial charge in [0.2, 0.25) is 11.8 Å². The summed E-state index contributed by atoms with van der Waals surface area (Å²) >= 11 is 0. The number of hydrogen-bond acceptors (Lipinski definition) is 4. The molecule has 0 aliphatic carbocycles. The van der Waals surface area contributed by atoms with Gasteiger partial charge in [-0.1, -0.05) is 121 Å². The molecule has 220 valence electrons. The predicted octanol–water partition coefficient (Wildman–Crippen LogP) is 11.3. The van der Waals surface area contributed by atoms with Crippen molar-refractivity contribution in [2.75, 3.05) is 0 Å². The van der Waals surface area contributed by atoms with Gasteiger partial charge in [-0.05, 0) is 85.4 Å². The molecule has 0 aliphatic rings. The maximum atomic E-state index is 6.03. The highest BCUT2D eigenvalue weighted by Gasteiger charge is 2.18. The number of pyridine rings is 1. The van der Waals surface area contributed by atoms with E-state index in [1.54, 1.807) is 0 Å². The van der Waals surface area contributed by atoms with Crippen LogP contribution in [0.25, 0.3) is 88.7 Å². The Balaban J connectivity index is 1.13. The SMILES string of the molecule is c1ccc(-c2nnc(-c3ccc(-c4c5ccccc5c(-c5ccc(-c6ccc7ccccc7c6)nc5)c5ccccc45)cc3)o2)cc1. The molecule has 4 nitrogen and oxygen atoms in total. The van der Waals surface area contributed by atoms with E-state index >= 15 is 0 Å². The molecule has 0 N–H and O–H groups in total. The van der Waals surface area contributed by atoms with Crippen LogP contribution in [0, 0.1) is 0 Å². The van der Waals surface area contributed by atoms with E-state index in [2.05, 4.69) is 138 Å². The molecule has 0 unspecified atom stereocenters. The predicted molar refractivity (Wildman–Crippen MR) is 192 cm³/mol. The molecule has 0 amide bonds. The average Bonchev–Trinajstić information content (AvgIpc) is 3.65. The molecule has 4 heteroatoms. The fourth-order valence-corrected chi connectivity index (χ4v) is 6.63. The molecular weight excluding hydrogens is 574 g/mol. The second-order valence-corrected chi connectivity index (χ2v) is 11.7. The first-order valence-corrected chi connectivity index (χ1v) is 15.7.